The molecule has 3 heteroatoms. The predicted molar refractivity (Wildman–Crippen MR) is 57.0 cm³/mol. The van der Waals surface area contributed by atoms with E-state index in [0.717, 1.165) is 12.3 Å². The van der Waals surface area contributed by atoms with Crippen LogP contribution in [-0.2, 0) is 0 Å². The number of piperidine rings is 1. The molecular formula is C10H21N3. The number of amidine groups is 1. The van der Waals surface area contributed by atoms with Gasteiger partial charge in [0.15, 0.2) is 0 Å². The molecule has 2 atom stereocenters. The van der Waals surface area contributed by atoms with Crippen molar-refractivity contribution in [2.75, 3.05) is 13.6 Å². The first-order valence-electron chi connectivity index (χ1n) is 5.19. The first kappa shape index (κ1) is 10.5. The van der Waals surface area contributed by atoms with Gasteiger partial charge in [0.25, 0.3) is 0 Å². The van der Waals surface area contributed by atoms with E-state index in [4.69, 9.17) is 5.73 Å². The standard InChI is InChI=1S/C10H21N3/c1-8(10(11)12-2)7-9-5-3-4-6-13-9/h8-9,13H,3-7H2,1-2H3,(H2,11,12)/t8-,9?/m0/s1. The summed E-state index contributed by atoms with van der Waals surface area (Å²) >= 11 is 0. The summed E-state index contributed by atoms with van der Waals surface area (Å²) in [7, 11) is 1.76. The van der Waals surface area contributed by atoms with E-state index in [1.807, 2.05) is 0 Å². The highest BCUT2D eigenvalue weighted by molar-refractivity contribution is 5.82. The summed E-state index contributed by atoms with van der Waals surface area (Å²) in [6.07, 6.45) is 5.10. The molecule has 0 aliphatic carbocycles. The largest absolute Gasteiger partial charge is 0.387 e. The molecule has 0 aromatic heterocycles. The molecule has 1 rings (SSSR count). The monoisotopic (exact) mass is 183 g/mol. The fraction of sp³-hybridized carbons (Fsp3) is 0.900. The van der Waals surface area contributed by atoms with Crippen molar-refractivity contribution in [3.8, 4) is 0 Å². The van der Waals surface area contributed by atoms with Crippen LogP contribution in [0.1, 0.15) is 32.6 Å². The van der Waals surface area contributed by atoms with Crippen molar-refractivity contribution in [2.45, 2.75) is 38.6 Å². The fourth-order valence-corrected chi connectivity index (χ4v) is 1.89. The van der Waals surface area contributed by atoms with E-state index in [2.05, 4.69) is 17.2 Å². The summed E-state index contributed by atoms with van der Waals surface area (Å²) in [6.45, 7) is 3.32. The van der Waals surface area contributed by atoms with E-state index < -0.39 is 0 Å². The second-order valence-electron chi connectivity index (χ2n) is 3.93. The molecule has 0 bridgehead atoms. The molecule has 3 N–H and O–H groups in total. The second kappa shape index (κ2) is 5.22. The van der Waals surface area contributed by atoms with E-state index in [9.17, 15) is 0 Å². The molecule has 13 heavy (non-hydrogen) atoms. The Hall–Kier alpha value is -0.570. The Labute approximate surface area is 80.8 Å². The Morgan fingerprint density at radius 2 is 2.38 bits per heavy atom. The molecule has 1 unspecified atom stereocenters. The molecule has 0 spiro atoms. The quantitative estimate of drug-likeness (QED) is 0.509. The Morgan fingerprint density at radius 1 is 1.62 bits per heavy atom. The third kappa shape index (κ3) is 3.35. The maximum absolute atomic E-state index is 5.76. The summed E-state index contributed by atoms with van der Waals surface area (Å²) in [5, 5.41) is 3.52. The van der Waals surface area contributed by atoms with Crippen LogP contribution in [0.5, 0.6) is 0 Å². The minimum absolute atomic E-state index is 0.417. The van der Waals surface area contributed by atoms with Gasteiger partial charge in [-0.1, -0.05) is 13.3 Å². The molecule has 0 saturated carbocycles. The molecule has 0 radical (unpaired) electrons. The average Bonchev–Trinajstić information content (AvgIpc) is 2.18. The normalized spacial score (nSPS) is 27.2. The molecule has 0 aromatic rings. The highest BCUT2D eigenvalue weighted by Gasteiger charge is 2.17. The van der Waals surface area contributed by atoms with Crippen LogP contribution >= 0.6 is 0 Å². The van der Waals surface area contributed by atoms with Crippen LogP contribution in [0.15, 0.2) is 4.99 Å². The number of nitrogens with zero attached hydrogens (tertiary/aromatic N) is 1. The van der Waals surface area contributed by atoms with Crippen molar-refractivity contribution < 1.29 is 0 Å². The van der Waals surface area contributed by atoms with Gasteiger partial charge >= 0.3 is 0 Å². The molecule has 0 amide bonds. The zero-order chi connectivity index (χ0) is 9.68. The van der Waals surface area contributed by atoms with Crippen molar-refractivity contribution in [2.24, 2.45) is 16.6 Å². The van der Waals surface area contributed by atoms with Gasteiger partial charge in [-0.15, -0.1) is 0 Å². The summed E-state index contributed by atoms with van der Waals surface area (Å²) in [6, 6.07) is 0.657. The Balaban J connectivity index is 2.30. The summed E-state index contributed by atoms with van der Waals surface area (Å²) in [5.74, 6) is 1.20. The third-order valence-electron chi connectivity index (χ3n) is 2.81. The molecule has 1 saturated heterocycles. The molecular weight excluding hydrogens is 162 g/mol. The third-order valence-corrected chi connectivity index (χ3v) is 2.81. The maximum atomic E-state index is 5.76. The van der Waals surface area contributed by atoms with Crippen molar-refractivity contribution in [3.63, 3.8) is 0 Å². The van der Waals surface area contributed by atoms with Crippen molar-refractivity contribution >= 4 is 5.84 Å². The predicted octanol–water partition coefficient (Wildman–Crippen LogP) is 1.14. The molecule has 1 aliphatic heterocycles. The summed E-state index contributed by atoms with van der Waals surface area (Å²) < 4.78 is 0. The van der Waals surface area contributed by atoms with Gasteiger partial charge in [0.05, 0.1) is 5.84 Å². The van der Waals surface area contributed by atoms with Crippen molar-refractivity contribution in [1.82, 2.24) is 5.32 Å². The lowest BCUT2D eigenvalue weighted by molar-refractivity contribution is 0.364. The Kier molecular flexibility index (Phi) is 4.22. The molecule has 1 fully saturated rings. The van der Waals surface area contributed by atoms with Gasteiger partial charge < -0.3 is 11.1 Å². The zero-order valence-electron chi connectivity index (χ0n) is 8.71. The van der Waals surface area contributed by atoms with Crippen LogP contribution in [0.2, 0.25) is 0 Å². The minimum atomic E-state index is 0.417. The maximum Gasteiger partial charge on any atom is 0.0962 e. The number of rotatable bonds is 3. The van der Waals surface area contributed by atoms with Crippen LogP contribution < -0.4 is 11.1 Å². The zero-order valence-corrected chi connectivity index (χ0v) is 8.71. The lowest BCUT2D eigenvalue weighted by atomic mass is 9.94. The topological polar surface area (TPSA) is 50.4 Å². The number of nitrogens with one attached hydrogen (secondary N) is 1. The lowest BCUT2D eigenvalue weighted by Crippen LogP contribution is -2.37. The second-order valence-corrected chi connectivity index (χ2v) is 3.93. The first-order valence-corrected chi connectivity index (χ1v) is 5.19. The molecule has 3 nitrogen and oxygen atoms in total. The Bertz CT molecular complexity index is 171. The molecule has 0 aromatic carbocycles. The van der Waals surface area contributed by atoms with Crippen molar-refractivity contribution in [3.05, 3.63) is 0 Å². The van der Waals surface area contributed by atoms with E-state index in [1.165, 1.54) is 25.8 Å². The van der Waals surface area contributed by atoms with E-state index in [0.29, 0.717) is 12.0 Å². The van der Waals surface area contributed by atoms with Crippen LogP contribution in [0.3, 0.4) is 0 Å². The van der Waals surface area contributed by atoms with Gasteiger partial charge in [-0.3, -0.25) is 4.99 Å². The number of aliphatic imine (C=N–C) groups is 1. The smallest absolute Gasteiger partial charge is 0.0962 e. The molecule has 1 heterocycles. The van der Waals surface area contributed by atoms with Crippen LogP contribution in [0, 0.1) is 5.92 Å². The highest BCUT2D eigenvalue weighted by Crippen LogP contribution is 2.15. The van der Waals surface area contributed by atoms with Gasteiger partial charge in [-0.05, 0) is 25.8 Å². The van der Waals surface area contributed by atoms with Crippen LogP contribution in [0.25, 0.3) is 0 Å². The number of hydrogen-bond donors (Lipinski definition) is 2. The van der Waals surface area contributed by atoms with E-state index >= 15 is 0 Å². The summed E-state index contributed by atoms with van der Waals surface area (Å²) in [4.78, 5) is 4.02. The van der Waals surface area contributed by atoms with Crippen LogP contribution in [0.4, 0.5) is 0 Å². The van der Waals surface area contributed by atoms with Gasteiger partial charge in [0.2, 0.25) is 0 Å². The minimum Gasteiger partial charge on any atom is -0.387 e. The summed E-state index contributed by atoms with van der Waals surface area (Å²) in [5.41, 5.74) is 5.76. The first-order chi connectivity index (χ1) is 6.24. The number of hydrogen-bond acceptors (Lipinski definition) is 2. The fourth-order valence-electron chi connectivity index (χ4n) is 1.89. The molecule has 76 valence electrons. The van der Waals surface area contributed by atoms with Gasteiger partial charge in [-0.25, -0.2) is 0 Å². The molecule has 1 aliphatic rings. The van der Waals surface area contributed by atoms with E-state index in [1.54, 1.807) is 7.05 Å². The lowest BCUT2D eigenvalue weighted by Gasteiger charge is -2.25. The SMILES string of the molecule is CN=C(N)[C@@H](C)CC1CCCCN1. The highest BCUT2D eigenvalue weighted by atomic mass is 14.9. The van der Waals surface area contributed by atoms with Crippen molar-refractivity contribution in [1.29, 1.82) is 0 Å². The van der Waals surface area contributed by atoms with Gasteiger partial charge in [-0.2, -0.15) is 0 Å². The average molecular weight is 183 g/mol. The number of nitrogens with two attached hydrogens (primary N) is 1. The van der Waals surface area contributed by atoms with E-state index in [-0.39, 0.29) is 0 Å². The van der Waals surface area contributed by atoms with Crippen LogP contribution in [-0.4, -0.2) is 25.5 Å². The van der Waals surface area contributed by atoms with Gasteiger partial charge in [0, 0.05) is 19.0 Å². The van der Waals surface area contributed by atoms with Gasteiger partial charge in [0.1, 0.15) is 0 Å². The Morgan fingerprint density at radius 3 is 2.92 bits per heavy atom.